The number of alkyl carbamates (subject to hydrolysis) is 1. The van der Waals surface area contributed by atoms with Gasteiger partial charge in [-0.05, 0) is 41.5 Å². The second kappa shape index (κ2) is 10.9. The van der Waals surface area contributed by atoms with Gasteiger partial charge in [-0.25, -0.2) is 9.59 Å². The third-order valence-electron chi connectivity index (χ3n) is 7.34. The Kier molecular flexibility index (Phi) is 7.73. The number of hydrogen-bond acceptors (Lipinski definition) is 4. The number of benzene rings is 2. The number of carbonyl (C=O) groups excluding carboxylic acids is 2. The van der Waals surface area contributed by atoms with Crippen LogP contribution in [0.15, 0.2) is 48.5 Å². The Morgan fingerprint density at radius 3 is 2.09 bits per heavy atom. The van der Waals surface area contributed by atoms with Crippen molar-refractivity contribution in [1.82, 2.24) is 10.6 Å². The molecule has 0 aliphatic heterocycles. The minimum Gasteiger partial charge on any atom is -0.480 e. The summed E-state index contributed by atoms with van der Waals surface area (Å²) in [5, 5.41) is 15.4. The average molecular weight is 479 g/mol. The maximum atomic E-state index is 12.8. The van der Waals surface area contributed by atoms with Crippen molar-refractivity contribution in [3.05, 3.63) is 59.7 Å². The van der Waals surface area contributed by atoms with Crippen LogP contribution >= 0.6 is 0 Å². The molecule has 0 bridgehead atoms. The van der Waals surface area contributed by atoms with Gasteiger partial charge in [0.1, 0.15) is 12.1 Å². The standard InChI is InChI=1S/C28H34N2O5/c1-2-19(17-25(31)30-28(26(32)33)15-9-3-4-10-16-28)29-27(34)35-18-24-22-13-7-5-11-20(22)21-12-6-8-14-23(21)24/h5-8,11-14,19,24H,2-4,9-10,15-18H2,1H3,(H,29,34)(H,30,31)(H,32,33)/t19-/m1/s1. The molecule has 4 rings (SSSR count). The van der Waals surface area contributed by atoms with Gasteiger partial charge in [0.15, 0.2) is 0 Å². The fraction of sp³-hybridized carbons (Fsp3) is 0.464. The zero-order valence-electron chi connectivity index (χ0n) is 20.2. The summed E-state index contributed by atoms with van der Waals surface area (Å²) in [6.45, 7) is 2.07. The number of fused-ring (bicyclic) bond motifs is 3. The van der Waals surface area contributed by atoms with E-state index >= 15 is 0 Å². The van der Waals surface area contributed by atoms with Crippen molar-refractivity contribution in [3.63, 3.8) is 0 Å². The van der Waals surface area contributed by atoms with E-state index in [9.17, 15) is 19.5 Å². The molecule has 7 nitrogen and oxygen atoms in total. The highest BCUT2D eigenvalue weighted by molar-refractivity contribution is 5.87. The molecule has 35 heavy (non-hydrogen) atoms. The molecule has 1 atom stereocenters. The maximum absolute atomic E-state index is 12.8. The average Bonchev–Trinajstić information content (AvgIpc) is 2.98. The van der Waals surface area contributed by atoms with E-state index < -0.39 is 23.6 Å². The molecule has 0 spiro atoms. The van der Waals surface area contributed by atoms with Crippen LogP contribution in [0, 0.1) is 0 Å². The van der Waals surface area contributed by atoms with Gasteiger partial charge in [0, 0.05) is 18.4 Å². The van der Waals surface area contributed by atoms with Crippen LogP contribution in [0.2, 0.25) is 0 Å². The first-order valence-corrected chi connectivity index (χ1v) is 12.6. The second-order valence-corrected chi connectivity index (χ2v) is 9.63. The van der Waals surface area contributed by atoms with Crippen LogP contribution in [-0.4, -0.2) is 41.3 Å². The topological polar surface area (TPSA) is 105 Å². The van der Waals surface area contributed by atoms with Crippen molar-refractivity contribution in [3.8, 4) is 11.1 Å². The lowest BCUT2D eigenvalue weighted by molar-refractivity contribution is -0.148. The highest BCUT2D eigenvalue weighted by atomic mass is 16.5. The summed E-state index contributed by atoms with van der Waals surface area (Å²) < 4.78 is 5.60. The molecule has 0 saturated heterocycles. The SMILES string of the molecule is CC[C@H](CC(=O)NC1(C(=O)O)CCCCCC1)NC(=O)OCC1c2ccccc2-c2ccccc21. The molecule has 0 radical (unpaired) electrons. The molecule has 2 aromatic rings. The van der Waals surface area contributed by atoms with E-state index in [-0.39, 0.29) is 24.9 Å². The minimum atomic E-state index is -1.21. The zero-order chi connectivity index (χ0) is 24.8. The Bertz CT molecular complexity index is 1030. The number of amides is 2. The predicted octanol–water partition coefficient (Wildman–Crippen LogP) is 4.99. The number of ether oxygens (including phenoxy) is 1. The van der Waals surface area contributed by atoms with Gasteiger partial charge in [0.2, 0.25) is 5.91 Å². The molecule has 1 fully saturated rings. The Hall–Kier alpha value is -3.35. The normalized spacial score (nSPS) is 17.4. The number of rotatable bonds is 8. The monoisotopic (exact) mass is 478 g/mol. The van der Waals surface area contributed by atoms with Gasteiger partial charge in [-0.3, -0.25) is 4.79 Å². The summed E-state index contributed by atoms with van der Waals surface area (Å²) in [7, 11) is 0. The van der Waals surface area contributed by atoms with Crippen molar-refractivity contribution in [2.45, 2.75) is 75.8 Å². The zero-order valence-corrected chi connectivity index (χ0v) is 20.2. The second-order valence-electron chi connectivity index (χ2n) is 9.63. The molecule has 0 unspecified atom stereocenters. The minimum absolute atomic E-state index is 0.00965. The van der Waals surface area contributed by atoms with E-state index in [4.69, 9.17) is 4.74 Å². The number of hydrogen-bond donors (Lipinski definition) is 3. The molecule has 186 valence electrons. The van der Waals surface area contributed by atoms with Crippen LogP contribution in [0.4, 0.5) is 4.79 Å². The Balaban J connectivity index is 1.34. The van der Waals surface area contributed by atoms with Gasteiger partial charge in [-0.2, -0.15) is 0 Å². The molecule has 0 heterocycles. The third-order valence-corrected chi connectivity index (χ3v) is 7.34. The molecular weight excluding hydrogens is 444 g/mol. The number of carboxylic acids is 1. The molecule has 0 aromatic heterocycles. The van der Waals surface area contributed by atoms with Crippen LogP contribution in [0.3, 0.4) is 0 Å². The number of aliphatic carboxylic acids is 1. The van der Waals surface area contributed by atoms with Gasteiger partial charge in [0.05, 0.1) is 0 Å². The highest BCUT2D eigenvalue weighted by Crippen LogP contribution is 2.44. The van der Waals surface area contributed by atoms with E-state index in [2.05, 4.69) is 34.9 Å². The summed E-state index contributed by atoms with van der Waals surface area (Å²) >= 11 is 0. The molecule has 7 heteroatoms. The predicted molar refractivity (Wildman–Crippen MR) is 133 cm³/mol. The smallest absolute Gasteiger partial charge is 0.407 e. The first-order valence-electron chi connectivity index (χ1n) is 12.6. The molecular formula is C28H34N2O5. The van der Waals surface area contributed by atoms with E-state index in [1.165, 1.54) is 0 Å². The van der Waals surface area contributed by atoms with E-state index in [0.717, 1.165) is 47.9 Å². The first-order chi connectivity index (χ1) is 16.9. The van der Waals surface area contributed by atoms with Crippen LogP contribution < -0.4 is 10.6 Å². The number of carboxylic acid groups (broad SMARTS) is 1. The molecule has 2 amide bonds. The van der Waals surface area contributed by atoms with Gasteiger partial charge < -0.3 is 20.5 Å². The van der Waals surface area contributed by atoms with E-state index in [1.807, 2.05) is 31.2 Å². The molecule has 2 aliphatic rings. The summed E-state index contributed by atoms with van der Waals surface area (Å²) in [5.74, 6) is -1.38. The number of nitrogens with one attached hydrogen (secondary N) is 2. The summed E-state index contributed by atoms with van der Waals surface area (Å²) in [6, 6.07) is 15.8. The van der Waals surface area contributed by atoms with Gasteiger partial charge in [-0.1, -0.05) is 81.1 Å². The van der Waals surface area contributed by atoms with Crippen molar-refractivity contribution in [2.75, 3.05) is 6.61 Å². The maximum Gasteiger partial charge on any atom is 0.407 e. The first kappa shape index (κ1) is 24.8. The van der Waals surface area contributed by atoms with Crippen molar-refractivity contribution < 1.29 is 24.2 Å². The van der Waals surface area contributed by atoms with Crippen LogP contribution in [0.1, 0.15) is 75.3 Å². The largest absolute Gasteiger partial charge is 0.480 e. The van der Waals surface area contributed by atoms with Gasteiger partial charge in [0.25, 0.3) is 0 Å². The fourth-order valence-electron chi connectivity index (χ4n) is 5.37. The summed E-state index contributed by atoms with van der Waals surface area (Å²) in [6.07, 6.45) is 4.35. The Labute approximate surface area is 206 Å². The quantitative estimate of drug-likeness (QED) is 0.464. The van der Waals surface area contributed by atoms with Crippen LogP contribution in [0.25, 0.3) is 11.1 Å². The lowest BCUT2D eigenvalue weighted by Gasteiger charge is -2.30. The molecule has 2 aromatic carbocycles. The molecule has 3 N–H and O–H groups in total. The lowest BCUT2D eigenvalue weighted by Crippen LogP contribution is -2.55. The van der Waals surface area contributed by atoms with Gasteiger partial charge >= 0.3 is 12.1 Å². The lowest BCUT2D eigenvalue weighted by atomic mass is 9.90. The van der Waals surface area contributed by atoms with E-state index in [0.29, 0.717) is 19.3 Å². The van der Waals surface area contributed by atoms with Crippen LogP contribution in [0.5, 0.6) is 0 Å². The molecule has 2 aliphatic carbocycles. The van der Waals surface area contributed by atoms with E-state index in [1.54, 1.807) is 0 Å². The van der Waals surface area contributed by atoms with Crippen LogP contribution in [-0.2, 0) is 14.3 Å². The highest BCUT2D eigenvalue weighted by Gasteiger charge is 2.40. The van der Waals surface area contributed by atoms with Crippen molar-refractivity contribution in [1.29, 1.82) is 0 Å². The summed E-state index contributed by atoms with van der Waals surface area (Å²) in [5.41, 5.74) is 3.37. The molecule has 1 saturated carbocycles. The Morgan fingerprint density at radius 2 is 1.54 bits per heavy atom. The fourth-order valence-corrected chi connectivity index (χ4v) is 5.37. The number of carbonyl (C=O) groups is 3. The summed E-state index contributed by atoms with van der Waals surface area (Å²) in [4.78, 5) is 37.4. The Morgan fingerprint density at radius 1 is 0.971 bits per heavy atom. The van der Waals surface area contributed by atoms with Crippen molar-refractivity contribution in [2.24, 2.45) is 0 Å². The third kappa shape index (κ3) is 5.50. The van der Waals surface area contributed by atoms with Gasteiger partial charge in [-0.15, -0.1) is 0 Å². The van der Waals surface area contributed by atoms with Crippen molar-refractivity contribution >= 4 is 18.0 Å².